The maximum absolute atomic E-state index is 10.7. The van der Waals surface area contributed by atoms with Crippen LogP contribution in [0.3, 0.4) is 0 Å². The second-order valence-electron chi connectivity index (χ2n) is 3.44. The summed E-state index contributed by atoms with van der Waals surface area (Å²) in [6.07, 6.45) is 0.0414. The Morgan fingerprint density at radius 1 is 1.53 bits per heavy atom. The Morgan fingerprint density at radius 3 is 2.53 bits per heavy atom. The Bertz CT molecular complexity index is 404. The fourth-order valence-corrected chi connectivity index (χ4v) is 1.52. The van der Waals surface area contributed by atoms with Crippen molar-refractivity contribution in [2.45, 2.75) is 19.4 Å². The van der Waals surface area contributed by atoms with Gasteiger partial charge in [-0.2, -0.15) is 5.26 Å². The predicted octanol–water partition coefficient (Wildman–Crippen LogP) is -1.20. The van der Waals surface area contributed by atoms with Gasteiger partial charge in [-0.05, 0) is 24.2 Å². The molecule has 0 radical (unpaired) electrons. The van der Waals surface area contributed by atoms with Crippen molar-refractivity contribution < 1.29 is 30.2 Å². The van der Waals surface area contributed by atoms with Crippen molar-refractivity contribution in [2.75, 3.05) is 6.54 Å². The third-order valence-corrected chi connectivity index (χ3v) is 2.27. The van der Waals surface area contributed by atoms with Gasteiger partial charge < -0.3 is 11.8 Å². The topological polar surface area (TPSA) is 73.1 Å². The zero-order chi connectivity index (χ0) is 12.0. The van der Waals surface area contributed by atoms with Crippen LogP contribution in [0.15, 0.2) is 24.3 Å². The summed E-state index contributed by atoms with van der Waals surface area (Å²) in [6, 6.07) is 8.80. The van der Waals surface area contributed by atoms with Gasteiger partial charge in [0, 0.05) is 6.04 Å². The van der Waals surface area contributed by atoms with E-state index in [0.29, 0.717) is 12.1 Å². The van der Waals surface area contributed by atoms with Gasteiger partial charge in [0.1, 0.15) is 0 Å². The molecule has 17 heavy (non-hydrogen) atoms. The van der Waals surface area contributed by atoms with Crippen LogP contribution in [-0.2, 0) is 4.79 Å². The Morgan fingerprint density at radius 2 is 2.12 bits per heavy atom. The Labute approximate surface area is 114 Å². The van der Waals surface area contributed by atoms with E-state index in [1.54, 1.807) is 24.3 Å². The van der Waals surface area contributed by atoms with Gasteiger partial charge in [-0.1, -0.05) is 19.1 Å². The molecular weight excluding hydrogens is 211 g/mol. The molecule has 0 aliphatic carbocycles. The number of hydrogen-bond donors (Lipinski definition) is 2. The zero-order valence-electron chi connectivity index (χ0n) is 11.1. The maximum atomic E-state index is 10.7. The largest absolute Gasteiger partial charge is 1.00 e. The molecule has 0 aliphatic rings. The molecule has 5 heteroatoms. The molecule has 0 spiro atoms. The van der Waals surface area contributed by atoms with E-state index in [4.69, 9.17) is 10.4 Å². The van der Waals surface area contributed by atoms with Crippen LogP contribution in [0.4, 0.5) is 0 Å². The first kappa shape index (κ1) is 15.7. The number of hydrogen-bond acceptors (Lipinski definition) is 3. The van der Waals surface area contributed by atoms with Gasteiger partial charge >= 0.3 is 24.8 Å². The van der Waals surface area contributed by atoms with Crippen molar-refractivity contribution in [2.24, 2.45) is 0 Å². The van der Waals surface area contributed by atoms with Gasteiger partial charge in [0.05, 0.1) is 18.1 Å². The van der Waals surface area contributed by atoms with Crippen molar-refractivity contribution in [1.82, 2.24) is 5.32 Å². The minimum absolute atomic E-state index is 0. The quantitative estimate of drug-likeness (QED) is 0.618. The molecule has 1 rings (SSSR count). The van der Waals surface area contributed by atoms with Crippen LogP contribution in [-0.4, -0.2) is 17.6 Å². The number of benzene rings is 1. The Balaban J connectivity index is 0. The first-order chi connectivity index (χ1) is 7.67. The fraction of sp³-hybridized carbons (Fsp3) is 0.333. The summed E-state index contributed by atoms with van der Waals surface area (Å²) in [7, 11) is 0. The van der Waals surface area contributed by atoms with Crippen LogP contribution in [0.1, 0.15) is 31.9 Å². The van der Waals surface area contributed by atoms with Gasteiger partial charge in [0.2, 0.25) is 0 Å². The number of aliphatic carboxylic acids is 1. The minimum atomic E-state index is -0.838. The zero-order valence-corrected chi connectivity index (χ0v) is 10.1. The van der Waals surface area contributed by atoms with E-state index in [1.807, 2.05) is 13.0 Å². The van der Waals surface area contributed by atoms with Gasteiger partial charge in [0.25, 0.3) is 0 Å². The molecule has 0 unspecified atom stereocenters. The standard InChI is InChI=1S/C12H14N2O2.Li.H/c1-2-14-11(7-12(15)16)10-5-3-9(8-13)4-6-10;;/h3-6,11,14H,2,7H2,1H3,(H,15,16);;/q;+1;-1/t11-;;/m1../s1. The second-order valence-corrected chi connectivity index (χ2v) is 3.44. The third-order valence-electron chi connectivity index (χ3n) is 2.27. The molecule has 1 aromatic carbocycles. The molecule has 0 fully saturated rings. The molecule has 0 heterocycles. The molecule has 0 aliphatic heterocycles. The van der Waals surface area contributed by atoms with E-state index < -0.39 is 5.97 Å². The van der Waals surface area contributed by atoms with E-state index >= 15 is 0 Å². The summed E-state index contributed by atoms with van der Waals surface area (Å²) in [5, 5.41) is 20.5. The summed E-state index contributed by atoms with van der Waals surface area (Å²) < 4.78 is 0. The summed E-state index contributed by atoms with van der Waals surface area (Å²) in [6.45, 7) is 2.64. The third kappa shape index (κ3) is 5.06. The van der Waals surface area contributed by atoms with Crippen LogP contribution in [0.25, 0.3) is 0 Å². The molecule has 86 valence electrons. The Kier molecular flexibility index (Phi) is 7.33. The van der Waals surface area contributed by atoms with E-state index in [2.05, 4.69) is 5.32 Å². The van der Waals surface area contributed by atoms with Gasteiger partial charge in [-0.25, -0.2) is 0 Å². The van der Waals surface area contributed by atoms with Crippen LogP contribution >= 0.6 is 0 Å². The molecule has 0 saturated heterocycles. The number of nitrogens with one attached hydrogen (secondary N) is 1. The van der Waals surface area contributed by atoms with Gasteiger partial charge in [-0.15, -0.1) is 0 Å². The summed E-state index contributed by atoms with van der Waals surface area (Å²) >= 11 is 0. The van der Waals surface area contributed by atoms with E-state index in [9.17, 15) is 4.79 Å². The number of nitriles is 1. The number of rotatable bonds is 5. The van der Waals surface area contributed by atoms with Crippen molar-refractivity contribution >= 4 is 5.97 Å². The molecule has 0 aromatic heterocycles. The average molecular weight is 226 g/mol. The molecule has 2 N–H and O–H groups in total. The summed E-state index contributed by atoms with van der Waals surface area (Å²) in [4.78, 5) is 10.7. The molecule has 1 atom stereocenters. The van der Waals surface area contributed by atoms with Crippen LogP contribution in [0, 0.1) is 11.3 Å². The van der Waals surface area contributed by atoms with E-state index in [1.165, 1.54) is 0 Å². The van der Waals surface area contributed by atoms with Crippen molar-refractivity contribution in [3.8, 4) is 6.07 Å². The normalized spacial score (nSPS) is 11.1. The van der Waals surface area contributed by atoms with E-state index in [-0.39, 0.29) is 32.7 Å². The number of nitrogens with zero attached hydrogens (tertiary/aromatic N) is 1. The maximum Gasteiger partial charge on any atom is 1.00 e. The minimum Gasteiger partial charge on any atom is -1.00 e. The summed E-state index contributed by atoms with van der Waals surface area (Å²) in [5.41, 5.74) is 1.47. The molecule has 1 aromatic rings. The molecule has 0 saturated carbocycles. The van der Waals surface area contributed by atoms with Crippen LogP contribution < -0.4 is 24.2 Å². The van der Waals surface area contributed by atoms with Crippen LogP contribution in [0.2, 0.25) is 0 Å². The number of carbonyl (C=O) groups is 1. The molecular formula is C12H15LiN2O2. The van der Waals surface area contributed by atoms with Crippen molar-refractivity contribution in [1.29, 1.82) is 5.26 Å². The van der Waals surface area contributed by atoms with Crippen molar-refractivity contribution in [3.05, 3.63) is 35.4 Å². The van der Waals surface area contributed by atoms with Gasteiger partial charge in [0.15, 0.2) is 0 Å². The second kappa shape index (κ2) is 7.92. The predicted molar refractivity (Wildman–Crippen MR) is 60.9 cm³/mol. The monoisotopic (exact) mass is 226 g/mol. The number of carboxylic acids is 1. The summed E-state index contributed by atoms with van der Waals surface area (Å²) in [5.74, 6) is -0.838. The molecule has 0 amide bonds. The van der Waals surface area contributed by atoms with Gasteiger partial charge in [-0.3, -0.25) is 4.79 Å². The van der Waals surface area contributed by atoms with Crippen molar-refractivity contribution in [3.63, 3.8) is 0 Å². The molecule has 4 nitrogen and oxygen atoms in total. The van der Waals surface area contributed by atoms with E-state index in [0.717, 1.165) is 5.56 Å². The first-order valence-corrected chi connectivity index (χ1v) is 5.12. The first-order valence-electron chi connectivity index (χ1n) is 5.12. The molecule has 0 bridgehead atoms. The SMILES string of the molecule is CCN[C@H](CC(=O)O)c1ccc(C#N)cc1.[H-].[Li+]. The fourth-order valence-electron chi connectivity index (χ4n) is 1.52. The number of carboxylic acid groups (broad SMARTS) is 1. The Hall–Kier alpha value is -1.26. The van der Waals surface area contributed by atoms with Crippen LogP contribution in [0.5, 0.6) is 0 Å². The average Bonchev–Trinajstić information content (AvgIpc) is 2.28. The smallest absolute Gasteiger partial charge is 1.00 e.